The van der Waals surface area contributed by atoms with E-state index in [2.05, 4.69) is 36.2 Å². The molecule has 37 heavy (non-hydrogen) atoms. The van der Waals surface area contributed by atoms with Gasteiger partial charge in [0.2, 0.25) is 0 Å². The molecule has 1 atom stereocenters. The summed E-state index contributed by atoms with van der Waals surface area (Å²) < 4.78 is 39.4. The van der Waals surface area contributed by atoms with Gasteiger partial charge in [0.25, 0.3) is 0 Å². The molecule has 1 aliphatic carbocycles. The monoisotopic (exact) mass is 503 g/mol. The zero-order valence-electron chi connectivity index (χ0n) is 20.5. The van der Waals surface area contributed by atoms with Crippen molar-refractivity contribution in [2.45, 2.75) is 30.9 Å². The van der Waals surface area contributed by atoms with Crippen molar-refractivity contribution in [2.24, 2.45) is 0 Å². The fourth-order valence-corrected chi connectivity index (χ4v) is 5.25. The maximum Gasteiger partial charge on any atom is 0.416 e. The number of carboxylic acids is 1. The second-order valence-electron chi connectivity index (χ2n) is 9.90. The van der Waals surface area contributed by atoms with E-state index in [1.165, 1.54) is 17.7 Å². The zero-order chi connectivity index (χ0) is 26.2. The SMILES string of the molecule is CN1CCC(c2ccc(-c3cc(C(=O)O)cc4cc(C5C=CC=C(C(F)(F)F)C=C5)ccc34)cc2)CC1. The molecule has 1 saturated heterocycles. The molecule has 1 unspecified atom stereocenters. The second-order valence-corrected chi connectivity index (χ2v) is 9.90. The van der Waals surface area contributed by atoms with Crippen LogP contribution in [-0.2, 0) is 0 Å². The highest BCUT2D eigenvalue weighted by Crippen LogP contribution is 2.36. The van der Waals surface area contributed by atoms with E-state index in [9.17, 15) is 23.1 Å². The first-order valence-corrected chi connectivity index (χ1v) is 12.4. The van der Waals surface area contributed by atoms with Crippen molar-refractivity contribution in [3.8, 4) is 11.1 Å². The van der Waals surface area contributed by atoms with Crippen LogP contribution in [0.15, 0.2) is 90.6 Å². The third kappa shape index (κ3) is 5.39. The van der Waals surface area contributed by atoms with E-state index >= 15 is 0 Å². The Kier molecular flexibility index (Phi) is 6.78. The van der Waals surface area contributed by atoms with Crippen LogP contribution in [0.5, 0.6) is 0 Å². The van der Waals surface area contributed by atoms with Crippen molar-refractivity contribution in [1.82, 2.24) is 4.90 Å². The summed E-state index contributed by atoms with van der Waals surface area (Å²) in [5.41, 5.74) is 3.33. The molecule has 0 aromatic heterocycles. The average Bonchev–Trinajstić information content (AvgIpc) is 3.15. The molecule has 1 heterocycles. The van der Waals surface area contributed by atoms with Crippen molar-refractivity contribution in [3.05, 3.63) is 107 Å². The normalized spacial score (nSPS) is 19.1. The maximum atomic E-state index is 13.1. The third-order valence-electron chi connectivity index (χ3n) is 7.42. The summed E-state index contributed by atoms with van der Waals surface area (Å²) in [5, 5.41) is 11.4. The minimum absolute atomic E-state index is 0.173. The fourth-order valence-electron chi connectivity index (χ4n) is 5.25. The standard InChI is InChI=1S/C31H28F3NO2/c1-35-15-13-22(14-16-35)21-5-7-23(8-6-21)29-19-26(30(36)37)18-25-17-24(10-12-28(25)29)20-3-2-4-27(11-9-20)31(32,33)34/h2-12,17-20,22H,13-16H2,1H3,(H,36,37). The molecule has 1 N–H and O–H groups in total. The molecule has 190 valence electrons. The van der Waals surface area contributed by atoms with Crippen molar-refractivity contribution < 1.29 is 23.1 Å². The number of aromatic carboxylic acids is 1. The molecular weight excluding hydrogens is 475 g/mol. The Labute approximate surface area is 214 Å². The lowest BCUT2D eigenvalue weighted by Gasteiger charge is -2.29. The first-order valence-electron chi connectivity index (χ1n) is 12.4. The number of likely N-dealkylation sites (tertiary alicyclic amines) is 1. The number of hydrogen-bond acceptors (Lipinski definition) is 2. The first-order chi connectivity index (χ1) is 17.7. The summed E-state index contributed by atoms with van der Waals surface area (Å²) in [6.07, 6.45) is 4.65. The smallest absolute Gasteiger partial charge is 0.416 e. The summed E-state index contributed by atoms with van der Waals surface area (Å²) in [7, 11) is 2.14. The van der Waals surface area contributed by atoms with Crippen molar-refractivity contribution in [1.29, 1.82) is 0 Å². The van der Waals surface area contributed by atoms with Gasteiger partial charge in [-0.05, 0) is 84.1 Å². The average molecular weight is 504 g/mol. The summed E-state index contributed by atoms with van der Waals surface area (Å²) in [6, 6.07) is 17.4. The summed E-state index contributed by atoms with van der Waals surface area (Å²) >= 11 is 0. The number of fused-ring (bicyclic) bond motifs is 1. The summed E-state index contributed by atoms with van der Waals surface area (Å²) in [6.45, 7) is 2.16. The van der Waals surface area contributed by atoms with E-state index in [1.54, 1.807) is 18.2 Å². The number of alkyl halides is 3. The quantitative estimate of drug-likeness (QED) is 0.396. The van der Waals surface area contributed by atoms with Crippen LogP contribution in [0.25, 0.3) is 21.9 Å². The van der Waals surface area contributed by atoms with E-state index in [0.717, 1.165) is 65.5 Å². The highest BCUT2D eigenvalue weighted by Gasteiger charge is 2.31. The minimum Gasteiger partial charge on any atom is -0.478 e. The molecule has 3 aromatic rings. The Morgan fingerprint density at radius 3 is 2.32 bits per heavy atom. The van der Waals surface area contributed by atoms with Gasteiger partial charge in [-0.1, -0.05) is 72.8 Å². The van der Waals surface area contributed by atoms with Gasteiger partial charge in [-0.3, -0.25) is 0 Å². The Morgan fingerprint density at radius 1 is 0.946 bits per heavy atom. The number of rotatable bonds is 4. The van der Waals surface area contributed by atoms with E-state index in [0.29, 0.717) is 5.92 Å². The number of halogens is 3. The van der Waals surface area contributed by atoms with Crippen LogP contribution in [0, 0.1) is 0 Å². The number of carbonyl (C=O) groups is 1. The number of allylic oxidation sites excluding steroid dienone is 6. The molecular formula is C31H28F3NO2. The van der Waals surface area contributed by atoms with Gasteiger partial charge in [0.1, 0.15) is 0 Å². The summed E-state index contributed by atoms with van der Waals surface area (Å²) in [5.74, 6) is -0.848. The topological polar surface area (TPSA) is 40.5 Å². The molecule has 1 fully saturated rings. The van der Waals surface area contributed by atoms with Crippen LogP contribution in [0.2, 0.25) is 0 Å². The second kappa shape index (κ2) is 10.0. The summed E-state index contributed by atoms with van der Waals surface area (Å²) in [4.78, 5) is 14.3. The van der Waals surface area contributed by atoms with Gasteiger partial charge in [0.15, 0.2) is 0 Å². The van der Waals surface area contributed by atoms with Gasteiger partial charge in [-0.25, -0.2) is 4.79 Å². The molecule has 5 rings (SSSR count). The maximum absolute atomic E-state index is 13.1. The van der Waals surface area contributed by atoms with Crippen molar-refractivity contribution >= 4 is 16.7 Å². The predicted octanol–water partition coefficient (Wildman–Crippen LogP) is 7.71. The lowest BCUT2D eigenvalue weighted by molar-refractivity contribution is -0.0881. The molecule has 0 bridgehead atoms. The number of nitrogens with zero attached hydrogens (tertiary/aromatic N) is 1. The van der Waals surface area contributed by atoms with Crippen LogP contribution in [0.4, 0.5) is 13.2 Å². The fraction of sp³-hybridized carbons (Fsp3) is 0.258. The van der Waals surface area contributed by atoms with Crippen LogP contribution >= 0.6 is 0 Å². The highest BCUT2D eigenvalue weighted by atomic mass is 19.4. The van der Waals surface area contributed by atoms with Crippen LogP contribution < -0.4 is 0 Å². The van der Waals surface area contributed by atoms with Gasteiger partial charge in [-0.15, -0.1) is 0 Å². The number of piperidine rings is 1. The molecule has 2 aliphatic rings. The third-order valence-corrected chi connectivity index (χ3v) is 7.42. The van der Waals surface area contributed by atoms with Gasteiger partial charge >= 0.3 is 12.1 Å². The first kappa shape index (κ1) is 25.0. The van der Waals surface area contributed by atoms with E-state index in [4.69, 9.17) is 0 Å². The molecule has 0 amide bonds. The van der Waals surface area contributed by atoms with Crippen LogP contribution in [-0.4, -0.2) is 42.3 Å². The van der Waals surface area contributed by atoms with Crippen LogP contribution in [0.3, 0.4) is 0 Å². The molecule has 1 aliphatic heterocycles. The molecule has 6 heteroatoms. The number of hydrogen-bond donors (Lipinski definition) is 1. The Balaban J connectivity index is 1.50. The Bertz CT molecular complexity index is 1410. The number of carboxylic acid groups (broad SMARTS) is 1. The minimum atomic E-state index is -4.41. The van der Waals surface area contributed by atoms with E-state index in [1.807, 2.05) is 18.2 Å². The molecule has 0 saturated carbocycles. The van der Waals surface area contributed by atoms with E-state index < -0.39 is 17.7 Å². The van der Waals surface area contributed by atoms with E-state index in [-0.39, 0.29) is 11.5 Å². The van der Waals surface area contributed by atoms with Gasteiger partial charge in [-0.2, -0.15) is 13.2 Å². The van der Waals surface area contributed by atoms with Crippen molar-refractivity contribution in [3.63, 3.8) is 0 Å². The number of benzene rings is 3. The van der Waals surface area contributed by atoms with Crippen molar-refractivity contribution in [2.75, 3.05) is 20.1 Å². The molecule has 0 spiro atoms. The van der Waals surface area contributed by atoms with Gasteiger partial charge in [0.05, 0.1) is 11.1 Å². The lowest BCUT2D eigenvalue weighted by Crippen LogP contribution is -2.29. The lowest BCUT2D eigenvalue weighted by atomic mass is 9.87. The molecule has 0 radical (unpaired) electrons. The molecule has 3 nitrogen and oxygen atoms in total. The van der Waals surface area contributed by atoms with Gasteiger partial charge in [0, 0.05) is 5.92 Å². The largest absolute Gasteiger partial charge is 0.478 e. The molecule has 3 aromatic carbocycles. The Hall–Kier alpha value is -3.64. The Morgan fingerprint density at radius 2 is 1.65 bits per heavy atom. The predicted molar refractivity (Wildman–Crippen MR) is 141 cm³/mol. The van der Waals surface area contributed by atoms with Gasteiger partial charge < -0.3 is 10.0 Å². The zero-order valence-corrected chi connectivity index (χ0v) is 20.5. The van der Waals surface area contributed by atoms with Crippen LogP contribution in [0.1, 0.15) is 46.2 Å². The highest BCUT2D eigenvalue weighted by molar-refractivity contribution is 6.03.